The van der Waals surface area contributed by atoms with Crippen LogP contribution >= 0.6 is 43.5 Å². The summed E-state index contributed by atoms with van der Waals surface area (Å²) in [5.41, 5.74) is 20.1. The van der Waals surface area contributed by atoms with Gasteiger partial charge < -0.3 is 51.1 Å². The largest absolute Gasteiger partial charge is 0.488 e. The Bertz CT molecular complexity index is 4450. The first kappa shape index (κ1) is 97.9. The summed E-state index contributed by atoms with van der Waals surface area (Å²) in [5.74, 6) is -2.97. The SMILES string of the molecule is CN(C)C(=O)CN(CCCCc1ccc2c(n1)CCCC2)CC[C@H](Cc1ncncc1-c1ccccc1)C(=O)O.CN(C)C(=O)CN(CCCCc1ccc2c(n1)CCCC2)CC[C@H](N)C(=O)O.CN(C)C(=O)CN(CCCCc1ccc2c(n1)CCCC2)CC[C@H](Nc1ncncc1Br)C(=O)O.Clc1ncncc1Br.OB(O)c1ccccc1. The van der Waals surface area contributed by atoms with Gasteiger partial charge in [-0.15, -0.1) is 0 Å². The van der Waals surface area contributed by atoms with Gasteiger partial charge in [0.1, 0.15) is 42.0 Å². The third kappa shape index (κ3) is 35.9. The molecule has 6 heterocycles. The van der Waals surface area contributed by atoms with E-state index in [1.54, 1.807) is 99.8 Å². The van der Waals surface area contributed by atoms with E-state index in [0.29, 0.717) is 72.8 Å². The molecule has 3 amide bonds. The van der Waals surface area contributed by atoms with Crippen molar-refractivity contribution in [2.24, 2.45) is 11.7 Å². The van der Waals surface area contributed by atoms with Crippen molar-refractivity contribution in [2.75, 3.05) is 107 Å². The van der Waals surface area contributed by atoms with Crippen LogP contribution in [0.25, 0.3) is 11.1 Å². The Morgan fingerprint density at radius 3 is 1.27 bits per heavy atom. The second-order valence-corrected chi connectivity index (χ2v) is 33.0. The van der Waals surface area contributed by atoms with Gasteiger partial charge in [0, 0.05) is 120 Å². The van der Waals surface area contributed by atoms with Crippen LogP contribution in [0.15, 0.2) is 144 Å². The molecule has 0 saturated carbocycles. The van der Waals surface area contributed by atoms with Gasteiger partial charge in [-0.3, -0.25) is 53.6 Å². The molecule has 0 fully saturated rings. The average Bonchev–Trinajstić information content (AvgIpc) is 0.854. The molecular formula is C88H119BBr2ClN17O11. The first-order valence-corrected chi connectivity index (χ1v) is 43.4. The number of anilines is 1. The standard InChI is InChI=1S/C32H41N5O3.C25H35BrN6O3.C21H34N4O3.C6H7BO2.C4H2BrClN2/c1-36(2)31(38)22-37(18-9-8-13-27-16-15-25-12-6-7-14-29(25)35-27)19-17-26(32(39)40)20-30-28(21-33-23-34-30)24-10-4-3-5-11-24;1-31(2)23(33)16-32(14-12-22(25(34)35)30-24-20(26)15-27-17-28-24)13-6-5-8-19-11-10-18-7-3-4-9-21(18)29-19;1-24(2)20(26)15-25(14-12-18(22)21(27)28)13-6-5-8-17-11-10-16-7-3-4-9-19(16)23-17;8-7(9)6-4-2-1-3-5-6;5-3-1-7-2-8-4(3)6/h3-5,10-11,15-16,21,23,26H,6-9,12-14,17-20,22H2,1-2H3,(H,39,40);10-11,15,17,22H,3-9,12-14,16H2,1-2H3,(H,34,35)(H,27,28,30);10-11,18H,3-9,12-15,22H2,1-2H3,(H,27,28);1-5,8-9H;1-2H/t26-;22-;18-;;/m100../s1. The van der Waals surface area contributed by atoms with E-state index in [0.717, 1.165) is 148 Å². The normalized spacial score (nSPS) is 13.3. The van der Waals surface area contributed by atoms with Crippen molar-refractivity contribution in [1.29, 1.82) is 0 Å². The highest BCUT2D eigenvalue weighted by molar-refractivity contribution is 9.11. The van der Waals surface area contributed by atoms with E-state index in [9.17, 15) is 39.0 Å². The van der Waals surface area contributed by atoms with Crippen molar-refractivity contribution in [3.05, 3.63) is 205 Å². The zero-order valence-electron chi connectivity index (χ0n) is 70.2. The fraction of sp³-hybridized carbons (Fsp3) is 0.489. The Labute approximate surface area is 728 Å². The predicted octanol–water partition coefficient (Wildman–Crippen LogP) is 10.4. The van der Waals surface area contributed by atoms with Crippen LogP contribution in [-0.4, -0.2) is 256 Å². The van der Waals surface area contributed by atoms with Crippen LogP contribution in [0, 0.1) is 5.92 Å². The molecule has 11 rings (SSSR count). The zero-order valence-corrected chi connectivity index (χ0v) is 74.1. The monoisotopic (exact) mass is 1790 g/mol. The van der Waals surface area contributed by atoms with Crippen molar-refractivity contribution in [3.63, 3.8) is 0 Å². The van der Waals surface area contributed by atoms with Crippen LogP contribution in [0.2, 0.25) is 5.15 Å². The molecule has 8 N–H and O–H groups in total. The number of pyridine rings is 3. The Morgan fingerprint density at radius 2 is 0.883 bits per heavy atom. The highest BCUT2D eigenvalue weighted by Crippen LogP contribution is 2.28. The number of rotatable bonds is 39. The molecular weight excluding hydrogens is 1680 g/mol. The van der Waals surface area contributed by atoms with Crippen LogP contribution in [0.3, 0.4) is 0 Å². The van der Waals surface area contributed by atoms with Crippen LogP contribution in [0.1, 0.15) is 153 Å². The number of fused-ring (bicyclic) bond motifs is 3. The van der Waals surface area contributed by atoms with E-state index in [1.165, 1.54) is 91.3 Å². The first-order chi connectivity index (χ1) is 57.7. The van der Waals surface area contributed by atoms with Crippen LogP contribution in [0.4, 0.5) is 5.82 Å². The van der Waals surface area contributed by atoms with Crippen molar-refractivity contribution >= 4 is 97.5 Å². The topological polar surface area (TPSA) is 377 Å². The average molecular weight is 1800 g/mol. The number of nitrogens with one attached hydrogen (secondary N) is 1. The number of aryl methyl sites for hydroxylation is 9. The van der Waals surface area contributed by atoms with Crippen LogP contribution < -0.4 is 16.5 Å². The van der Waals surface area contributed by atoms with Crippen LogP contribution in [0.5, 0.6) is 0 Å². The van der Waals surface area contributed by atoms with E-state index in [4.69, 9.17) is 47.4 Å². The molecule has 3 aliphatic carbocycles. The molecule has 120 heavy (non-hydrogen) atoms. The number of nitrogens with two attached hydrogens (primary N) is 1. The van der Waals surface area contributed by atoms with Crippen molar-refractivity contribution in [1.82, 2.24) is 74.3 Å². The number of benzene rings is 2. The van der Waals surface area contributed by atoms with Crippen molar-refractivity contribution < 1.29 is 54.1 Å². The maximum Gasteiger partial charge on any atom is 0.488 e. The number of carbonyl (C=O) groups is 6. The number of hydrogen-bond acceptors (Lipinski definition) is 22. The summed E-state index contributed by atoms with van der Waals surface area (Å²) in [6.45, 7) is 4.53. The van der Waals surface area contributed by atoms with E-state index in [-0.39, 0.29) is 37.4 Å². The first-order valence-electron chi connectivity index (χ1n) is 41.4. The number of unbranched alkanes of at least 4 members (excludes halogenated alkanes) is 3. The molecule has 0 unspecified atom stereocenters. The van der Waals surface area contributed by atoms with Gasteiger partial charge in [-0.2, -0.15) is 0 Å². The molecule has 0 bridgehead atoms. The highest BCUT2D eigenvalue weighted by Gasteiger charge is 2.26. The summed E-state index contributed by atoms with van der Waals surface area (Å²) < 4.78 is 1.32. The molecule has 646 valence electrons. The van der Waals surface area contributed by atoms with Gasteiger partial charge in [-0.1, -0.05) is 90.5 Å². The lowest BCUT2D eigenvalue weighted by Gasteiger charge is -2.25. The molecule has 0 radical (unpaired) electrons. The number of carbonyl (C=O) groups excluding carboxylic acids is 3. The molecule has 3 aliphatic rings. The molecule has 28 nitrogen and oxygen atoms in total. The van der Waals surface area contributed by atoms with Crippen molar-refractivity contribution in [3.8, 4) is 11.1 Å². The predicted molar refractivity (Wildman–Crippen MR) is 474 cm³/mol. The minimum Gasteiger partial charge on any atom is -0.481 e. The summed E-state index contributed by atoms with van der Waals surface area (Å²) in [7, 11) is 9.08. The lowest BCUT2D eigenvalue weighted by molar-refractivity contribution is -0.142. The molecule has 6 aromatic heterocycles. The van der Waals surface area contributed by atoms with E-state index in [1.807, 2.05) is 46.2 Å². The smallest absolute Gasteiger partial charge is 0.481 e. The fourth-order valence-electron chi connectivity index (χ4n) is 13.8. The number of likely N-dealkylation sites (N-methyl/N-ethyl adjacent to an activating group) is 3. The third-order valence-electron chi connectivity index (χ3n) is 21.0. The maximum absolute atomic E-state index is 12.6. The van der Waals surface area contributed by atoms with Gasteiger partial charge >= 0.3 is 25.0 Å². The van der Waals surface area contributed by atoms with E-state index < -0.39 is 43.0 Å². The Hall–Kier alpha value is -9.18. The lowest BCUT2D eigenvalue weighted by Crippen LogP contribution is -2.40. The second-order valence-electron chi connectivity index (χ2n) is 30.9. The van der Waals surface area contributed by atoms with E-state index in [2.05, 4.69) is 108 Å². The zero-order chi connectivity index (χ0) is 86.7. The summed E-state index contributed by atoms with van der Waals surface area (Å²) in [6, 6.07) is 29.9. The number of nitrogens with zero attached hydrogens (tertiary/aromatic N) is 15. The molecule has 0 aliphatic heterocycles. The Balaban J connectivity index is 0.000000227. The molecule has 32 heteroatoms. The highest BCUT2D eigenvalue weighted by atomic mass is 79.9. The van der Waals surface area contributed by atoms with Gasteiger partial charge in [0.05, 0.1) is 40.2 Å². The van der Waals surface area contributed by atoms with Gasteiger partial charge in [0.15, 0.2) is 0 Å². The molecule has 0 spiro atoms. The Morgan fingerprint density at radius 1 is 0.475 bits per heavy atom. The van der Waals surface area contributed by atoms with Crippen LogP contribution in [-0.2, 0) is 93.0 Å². The number of aromatic nitrogens is 9. The van der Waals surface area contributed by atoms with E-state index >= 15 is 0 Å². The third-order valence-corrected chi connectivity index (χ3v) is 22.7. The minimum absolute atomic E-state index is 0.000247. The molecule has 2 aromatic carbocycles. The van der Waals surface area contributed by atoms with Gasteiger partial charge in [0.25, 0.3) is 0 Å². The number of carboxylic acids is 3. The number of aliphatic carboxylic acids is 3. The van der Waals surface area contributed by atoms with Gasteiger partial charge in [-0.05, 0) is 258 Å². The lowest BCUT2D eigenvalue weighted by atomic mass is 9.81. The molecule has 0 saturated heterocycles. The van der Waals surface area contributed by atoms with Gasteiger partial charge in [-0.25, -0.2) is 34.7 Å². The number of halogens is 3. The maximum atomic E-state index is 12.6. The summed E-state index contributed by atoms with van der Waals surface area (Å²) in [6.07, 6.45) is 33.1. The fourth-order valence-corrected chi connectivity index (χ4v) is 14.5. The number of hydrogen-bond donors (Lipinski definition) is 7. The number of amides is 3. The summed E-state index contributed by atoms with van der Waals surface area (Å²) in [4.78, 5) is 121. The quantitative estimate of drug-likeness (QED) is 0.0107. The molecule has 3 atom stereocenters. The second kappa shape index (κ2) is 53.6. The minimum atomic E-state index is -1.34. The Kier molecular flexibility index (Phi) is 43.7. The summed E-state index contributed by atoms with van der Waals surface area (Å²) >= 11 is 12.0. The molecule has 8 aromatic rings. The van der Waals surface area contributed by atoms with Crippen molar-refractivity contribution in [2.45, 2.75) is 173 Å². The number of carboxylic acid groups (broad SMARTS) is 3. The summed E-state index contributed by atoms with van der Waals surface area (Å²) in [5, 5.41) is 49.3. The van der Waals surface area contributed by atoms with Gasteiger partial charge in [0.2, 0.25) is 17.7 Å².